The maximum absolute atomic E-state index is 13.6. The van der Waals surface area contributed by atoms with Crippen molar-refractivity contribution in [2.45, 2.75) is 13.0 Å². The van der Waals surface area contributed by atoms with Crippen LogP contribution < -0.4 is 10.6 Å². The van der Waals surface area contributed by atoms with Crippen LogP contribution in [-0.2, 0) is 9.59 Å². The minimum Gasteiger partial charge on any atom is -0.348 e. The fourth-order valence-electron chi connectivity index (χ4n) is 2.50. The van der Waals surface area contributed by atoms with Gasteiger partial charge in [-0.3, -0.25) is 14.5 Å². The fourth-order valence-corrected chi connectivity index (χ4v) is 2.70. The van der Waals surface area contributed by atoms with Crippen molar-refractivity contribution in [1.29, 1.82) is 0 Å². The number of likely N-dealkylation sites (N-methyl/N-ethyl adjacent to an activating group) is 1. The summed E-state index contributed by atoms with van der Waals surface area (Å²) in [6, 6.07) is 8.40. The standard InChI is InChI=1S/C19H19ClF3N3O2/c1-11(12-4-3-5-13(20)8-12)24-16(27)9-26(2)10-17(28)25-15-7-6-14(21)18(22)19(15)23/h3-8,11H,9-10H2,1-2H3,(H,24,27)(H,25,28)/t11-/m1/s1. The summed E-state index contributed by atoms with van der Waals surface area (Å²) in [4.78, 5) is 25.5. The summed E-state index contributed by atoms with van der Waals surface area (Å²) in [6.45, 7) is 1.44. The van der Waals surface area contributed by atoms with Gasteiger partial charge in [-0.25, -0.2) is 13.2 Å². The number of anilines is 1. The van der Waals surface area contributed by atoms with Gasteiger partial charge < -0.3 is 10.6 Å². The Hall–Kier alpha value is -2.58. The van der Waals surface area contributed by atoms with Crippen molar-refractivity contribution in [1.82, 2.24) is 10.2 Å². The number of nitrogens with one attached hydrogen (secondary N) is 2. The van der Waals surface area contributed by atoms with Crippen LogP contribution in [-0.4, -0.2) is 36.9 Å². The number of carbonyl (C=O) groups is 2. The Kier molecular flexibility index (Phi) is 7.42. The molecule has 0 heterocycles. The van der Waals surface area contributed by atoms with Gasteiger partial charge in [-0.05, 0) is 43.8 Å². The third-order valence-corrected chi connectivity index (χ3v) is 4.10. The molecule has 0 aliphatic heterocycles. The number of halogens is 4. The molecule has 1 atom stereocenters. The number of nitrogens with zero attached hydrogens (tertiary/aromatic N) is 1. The quantitative estimate of drug-likeness (QED) is 0.683. The highest BCUT2D eigenvalue weighted by Gasteiger charge is 2.17. The fraction of sp³-hybridized carbons (Fsp3) is 0.263. The molecule has 0 saturated carbocycles. The van der Waals surface area contributed by atoms with Gasteiger partial charge in [0.1, 0.15) is 0 Å². The topological polar surface area (TPSA) is 61.4 Å². The largest absolute Gasteiger partial charge is 0.348 e. The zero-order valence-corrected chi connectivity index (χ0v) is 16.0. The zero-order valence-electron chi connectivity index (χ0n) is 15.2. The van der Waals surface area contributed by atoms with Crippen LogP contribution in [0.25, 0.3) is 0 Å². The van der Waals surface area contributed by atoms with Crippen LogP contribution in [0.5, 0.6) is 0 Å². The summed E-state index contributed by atoms with van der Waals surface area (Å²) in [5.74, 6) is -5.51. The van der Waals surface area contributed by atoms with Crippen molar-refractivity contribution >= 4 is 29.1 Å². The Morgan fingerprint density at radius 1 is 1.07 bits per heavy atom. The molecular formula is C19H19ClF3N3O2. The van der Waals surface area contributed by atoms with E-state index in [0.717, 1.165) is 11.6 Å². The number of amides is 2. The lowest BCUT2D eigenvalue weighted by Gasteiger charge is -2.19. The molecule has 0 fully saturated rings. The highest BCUT2D eigenvalue weighted by molar-refractivity contribution is 6.30. The Labute approximate surface area is 165 Å². The van der Waals surface area contributed by atoms with Crippen molar-refractivity contribution < 1.29 is 22.8 Å². The molecule has 0 bridgehead atoms. The maximum atomic E-state index is 13.6. The van der Waals surface area contributed by atoms with Gasteiger partial charge in [0.05, 0.1) is 24.8 Å². The van der Waals surface area contributed by atoms with Crippen LogP contribution in [0.3, 0.4) is 0 Å². The van der Waals surface area contributed by atoms with E-state index in [-0.39, 0.29) is 25.0 Å². The van der Waals surface area contributed by atoms with Gasteiger partial charge in [0, 0.05) is 5.02 Å². The smallest absolute Gasteiger partial charge is 0.238 e. The Morgan fingerprint density at radius 2 is 1.75 bits per heavy atom. The summed E-state index contributed by atoms with van der Waals surface area (Å²) in [5.41, 5.74) is 0.353. The molecule has 28 heavy (non-hydrogen) atoms. The van der Waals surface area contributed by atoms with Crippen LogP contribution in [0.1, 0.15) is 18.5 Å². The number of hydrogen-bond acceptors (Lipinski definition) is 3. The Morgan fingerprint density at radius 3 is 2.43 bits per heavy atom. The molecular weight excluding hydrogens is 395 g/mol. The second-order valence-electron chi connectivity index (χ2n) is 6.29. The van der Waals surface area contributed by atoms with Crippen molar-refractivity contribution in [2.75, 3.05) is 25.5 Å². The maximum Gasteiger partial charge on any atom is 0.238 e. The molecule has 0 aliphatic rings. The molecule has 0 aromatic heterocycles. The second-order valence-corrected chi connectivity index (χ2v) is 6.72. The average Bonchev–Trinajstić information content (AvgIpc) is 2.61. The van der Waals surface area contributed by atoms with Gasteiger partial charge in [0.15, 0.2) is 17.5 Å². The average molecular weight is 414 g/mol. The van der Waals surface area contributed by atoms with Gasteiger partial charge >= 0.3 is 0 Å². The minimum absolute atomic E-state index is 0.0986. The first-order chi connectivity index (χ1) is 13.2. The molecule has 0 aliphatic carbocycles. The summed E-state index contributed by atoms with van der Waals surface area (Å²) >= 11 is 5.93. The predicted octanol–water partition coefficient (Wildman–Crippen LogP) is 3.51. The van der Waals surface area contributed by atoms with Crippen LogP contribution >= 0.6 is 11.6 Å². The molecule has 2 aromatic carbocycles. The molecule has 0 spiro atoms. The Balaban J connectivity index is 1.85. The van der Waals surface area contributed by atoms with Gasteiger partial charge in [-0.15, -0.1) is 0 Å². The number of carbonyl (C=O) groups excluding carboxylic acids is 2. The zero-order chi connectivity index (χ0) is 20.8. The van der Waals surface area contributed by atoms with Gasteiger partial charge in [0.25, 0.3) is 0 Å². The number of hydrogen-bond donors (Lipinski definition) is 2. The van der Waals surface area contributed by atoms with E-state index in [1.54, 1.807) is 25.1 Å². The first-order valence-corrected chi connectivity index (χ1v) is 8.72. The summed E-state index contributed by atoms with van der Waals surface area (Å²) in [6.07, 6.45) is 0. The summed E-state index contributed by atoms with van der Waals surface area (Å²) in [5, 5.41) is 5.48. The molecule has 150 valence electrons. The molecule has 2 rings (SSSR count). The van der Waals surface area contributed by atoms with E-state index in [2.05, 4.69) is 10.6 Å². The van der Waals surface area contributed by atoms with E-state index in [4.69, 9.17) is 11.6 Å². The normalized spacial score (nSPS) is 12.0. The molecule has 0 radical (unpaired) electrons. The van der Waals surface area contributed by atoms with E-state index in [0.29, 0.717) is 11.1 Å². The van der Waals surface area contributed by atoms with Crippen LogP contribution in [0, 0.1) is 17.5 Å². The second kappa shape index (κ2) is 9.57. The lowest BCUT2D eigenvalue weighted by atomic mass is 10.1. The van der Waals surface area contributed by atoms with E-state index in [1.807, 2.05) is 6.07 Å². The number of rotatable bonds is 7. The van der Waals surface area contributed by atoms with Crippen molar-refractivity contribution in [2.24, 2.45) is 0 Å². The van der Waals surface area contributed by atoms with Crippen molar-refractivity contribution in [3.05, 3.63) is 64.4 Å². The first-order valence-electron chi connectivity index (χ1n) is 8.34. The molecule has 9 heteroatoms. The molecule has 0 unspecified atom stereocenters. The molecule has 2 amide bonds. The van der Waals surface area contributed by atoms with Gasteiger partial charge in [0.2, 0.25) is 11.8 Å². The SMILES string of the molecule is C[C@@H](NC(=O)CN(C)CC(=O)Nc1ccc(F)c(F)c1F)c1cccc(Cl)c1. The summed E-state index contributed by atoms with van der Waals surface area (Å²) < 4.78 is 39.7. The molecule has 0 saturated heterocycles. The van der Waals surface area contributed by atoms with Gasteiger partial charge in [-0.2, -0.15) is 0 Å². The lowest BCUT2D eigenvalue weighted by Crippen LogP contribution is -2.39. The van der Waals surface area contributed by atoms with Crippen molar-refractivity contribution in [3.63, 3.8) is 0 Å². The highest BCUT2D eigenvalue weighted by Crippen LogP contribution is 2.19. The van der Waals surface area contributed by atoms with Crippen LogP contribution in [0.15, 0.2) is 36.4 Å². The van der Waals surface area contributed by atoms with Gasteiger partial charge in [-0.1, -0.05) is 23.7 Å². The Bertz CT molecular complexity index is 879. The third kappa shape index (κ3) is 5.97. The van der Waals surface area contributed by atoms with E-state index >= 15 is 0 Å². The van der Waals surface area contributed by atoms with Crippen LogP contribution in [0.2, 0.25) is 5.02 Å². The monoisotopic (exact) mass is 413 g/mol. The minimum atomic E-state index is -1.67. The highest BCUT2D eigenvalue weighted by atomic mass is 35.5. The first kappa shape index (κ1) is 21.7. The third-order valence-electron chi connectivity index (χ3n) is 3.86. The molecule has 2 aromatic rings. The molecule has 2 N–H and O–H groups in total. The van der Waals surface area contributed by atoms with Crippen LogP contribution in [0.4, 0.5) is 18.9 Å². The van der Waals surface area contributed by atoms with E-state index in [1.165, 1.54) is 11.9 Å². The lowest BCUT2D eigenvalue weighted by molar-refractivity contribution is -0.123. The predicted molar refractivity (Wildman–Crippen MR) is 100 cm³/mol. The van der Waals surface area contributed by atoms with Crippen molar-refractivity contribution in [3.8, 4) is 0 Å². The summed E-state index contributed by atoms with van der Waals surface area (Å²) in [7, 11) is 1.52. The van der Waals surface area contributed by atoms with E-state index in [9.17, 15) is 22.8 Å². The molecule has 5 nitrogen and oxygen atoms in total. The number of benzene rings is 2. The van der Waals surface area contributed by atoms with E-state index < -0.39 is 29.0 Å².